The zero-order valence-electron chi connectivity index (χ0n) is 8.87. The zero-order chi connectivity index (χ0) is 12.6. The molecule has 0 aromatic carbocycles. The lowest BCUT2D eigenvalue weighted by molar-refractivity contribution is -0.155. The summed E-state index contributed by atoms with van der Waals surface area (Å²) in [6.45, 7) is 0. The van der Waals surface area contributed by atoms with Crippen molar-refractivity contribution in [1.29, 1.82) is 0 Å². The van der Waals surface area contributed by atoms with Crippen LogP contribution in [0.25, 0.3) is 0 Å². The zero-order valence-corrected chi connectivity index (χ0v) is 9.69. The summed E-state index contributed by atoms with van der Waals surface area (Å²) < 4.78 is 4.42. The average Bonchev–Trinajstić information content (AvgIpc) is 2.26. The first-order valence-corrected chi connectivity index (χ1v) is 5.68. The summed E-state index contributed by atoms with van der Waals surface area (Å²) in [5, 5.41) is 11.6. The van der Waals surface area contributed by atoms with Crippen LogP contribution in [0, 0.1) is 0 Å². The maximum absolute atomic E-state index is 11.3. The summed E-state index contributed by atoms with van der Waals surface area (Å²) in [5.74, 6) is -1.31. The van der Waals surface area contributed by atoms with Crippen LogP contribution in [0.5, 0.6) is 0 Å². The molecule has 0 aromatic heterocycles. The summed E-state index contributed by atoms with van der Waals surface area (Å²) in [6, 6.07) is -1.02. The Morgan fingerprint density at radius 2 is 2.35 bits per heavy atom. The van der Waals surface area contributed by atoms with Crippen molar-refractivity contribution in [3.63, 3.8) is 0 Å². The normalized spacial score (nSPS) is 26.5. The maximum atomic E-state index is 11.3. The first-order chi connectivity index (χ1) is 8.02. The Morgan fingerprint density at radius 1 is 1.65 bits per heavy atom. The number of aliphatic carboxylic acids is 1. The predicted octanol–water partition coefficient (Wildman–Crippen LogP) is -0.0578. The quantitative estimate of drug-likeness (QED) is 0.674. The van der Waals surface area contributed by atoms with Crippen molar-refractivity contribution in [3.05, 3.63) is 11.1 Å². The van der Waals surface area contributed by atoms with E-state index >= 15 is 0 Å². The van der Waals surface area contributed by atoms with Gasteiger partial charge < -0.3 is 14.7 Å². The van der Waals surface area contributed by atoms with Gasteiger partial charge in [0.15, 0.2) is 6.04 Å². The highest BCUT2D eigenvalue weighted by molar-refractivity contribution is 8.03. The number of amides is 2. The number of rotatable bonds is 2. The van der Waals surface area contributed by atoms with E-state index in [0.29, 0.717) is 5.03 Å². The van der Waals surface area contributed by atoms with Crippen LogP contribution in [-0.4, -0.2) is 46.5 Å². The van der Waals surface area contributed by atoms with Crippen molar-refractivity contribution in [2.45, 2.75) is 17.8 Å². The highest BCUT2D eigenvalue weighted by Gasteiger charge is 2.46. The Hall–Kier alpha value is -1.70. The first-order valence-electron chi connectivity index (χ1n) is 4.80. The number of methoxy groups -OCH3 is 1. The molecule has 1 fully saturated rings. The van der Waals surface area contributed by atoms with Crippen molar-refractivity contribution in [3.8, 4) is 0 Å². The van der Waals surface area contributed by atoms with Crippen molar-refractivity contribution >= 4 is 29.7 Å². The number of carbonyl (C=O) groups excluding carboxylic acids is 2. The number of β-lactam (4-membered cyclic amide) rings is 1. The van der Waals surface area contributed by atoms with E-state index in [9.17, 15) is 14.4 Å². The molecule has 0 aliphatic carbocycles. The number of carbonyl (C=O) groups is 3. The van der Waals surface area contributed by atoms with Crippen LogP contribution in [0.4, 0.5) is 4.79 Å². The summed E-state index contributed by atoms with van der Waals surface area (Å²) in [5.41, 5.74) is 0. The van der Waals surface area contributed by atoms with Gasteiger partial charge in [0.1, 0.15) is 0 Å². The molecule has 0 aromatic rings. The van der Waals surface area contributed by atoms with Gasteiger partial charge >= 0.3 is 12.1 Å². The molecule has 0 radical (unpaired) electrons. The molecule has 0 saturated carbocycles. The lowest BCUT2D eigenvalue weighted by atomic mass is 10.1. The van der Waals surface area contributed by atoms with E-state index in [4.69, 9.17) is 5.11 Å². The van der Waals surface area contributed by atoms with Gasteiger partial charge in [-0.3, -0.25) is 10.1 Å². The van der Waals surface area contributed by atoms with Gasteiger partial charge in [-0.15, -0.1) is 0 Å². The fourth-order valence-corrected chi connectivity index (χ4v) is 2.89. The van der Waals surface area contributed by atoms with Crippen LogP contribution < -0.4 is 5.32 Å². The fraction of sp³-hybridized carbons (Fsp3) is 0.444. The van der Waals surface area contributed by atoms with Crippen molar-refractivity contribution in [1.82, 2.24) is 10.2 Å². The second-order valence-corrected chi connectivity index (χ2v) is 4.73. The van der Waals surface area contributed by atoms with Gasteiger partial charge in [0, 0.05) is 0 Å². The topological polar surface area (TPSA) is 95.9 Å². The number of carboxylic acid groups (broad SMARTS) is 1. The molecule has 1 unspecified atom stereocenters. The Morgan fingerprint density at radius 3 is 2.88 bits per heavy atom. The molecule has 2 N–H and O–H groups in total. The molecule has 0 spiro atoms. The van der Waals surface area contributed by atoms with Crippen LogP contribution in [0.15, 0.2) is 11.1 Å². The number of nitrogens with zero attached hydrogens (tertiary/aromatic N) is 1. The molecule has 2 amide bonds. The SMILES string of the molecule is COC(=O)NC1=CC(C(=O)O)N2C(=O)C[C@H]2S1. The van der Waals surface area contributed by atoms with E-state index in [1.165, 1.54) is 29.8 Å². The molecular weight excluding hydrogens is 248 g/mol. The number of thioether (sulfide) groups is 1. The van der Waals surface area contributed by atoms with Gasteiger partial charge in [-0.1, -0.05) is 11.8 Å². The number of hydrogen-bond acceptors (Lipinski definition) is 5. The third kappa shape index (κ3) is 2.07. The van der Waals surface area contributed by atoms with Crippen LogP contribution in [-0.2, 0) is 14.3 Å². The van der Waals surface area contributed by atoms with Crippen LogP contribution >= 0.6 is 11.8 Å². The molecule has 7 nitrogen and oxygen atoms in total. The molecule has 8 heteroatoms. The second kappa shape index (κ2) is 4.28. The summed E-state index contributed by atoms with van der Waals surface area (Å²) in [6.07, 6.45) is 0.957. The fourth-order valence-electron chi connectivity index (χ4n) is 1.66. The minimum atomic E-state index is -1.12. The number of nitrogens with one attached hydrogen (secondary N) is 1. The highest BCUT2D eigenvalue weighted by Crippen LogP contribution is 2.39. The molecule has 2 heterocycles. The van der Waals surface area contributed by atoms with E-state index in [1.54, 1.807) is 0 Å². The molecule has 2 atom stereocenters. The standard InChI is InChI=1S/C9H10N2O5S/c1-16-9(15)10-5-2-4(8(13)14)11-6(12)3-7(11)17-5/h2,4,7H,3H2,1H3,(H,10,15)(H,13,14)/t4?,7-/m1/s1. The van der Waals surface area contributed by atoms with Crippen molar-refractivity contribution < 1.29 is 24.2 Å². The third-order valence-electron chi connectivity index (χ3n) is 2.48. The molecule has 2 rings (SSSR count). The lowest BCUT2D eigenvalue weighted by Gasteiger charge is -2.45. The Labute approximate surface area is 101 Å². The largest absolute Gasteiger partial charge is 0.479 e. The third-order valence-corrected chi connectivity index (χ3v) is 3.64. The van der Waals surface area contributed by atoms with Gasteiger partial charge in [0.25, 0.3) is 0 Å². The van der Waals surface area contributed by atoms with Gasteiger partial charge in [-0.05, 0) is 6.08 Å². The van der Waals surface area contributed by atoms with E-state index in [0.717, 1.165) is 0 Å². The Bertz CT molecular complexity index is 422. The summed E-state index contributed by atoms with van der Waals surface area (Å²) in [7, 11) is 1.22. The van der Waals surface area contributed by atoms with Gasteiger partial charge in [-0.25, -0.2) is 9.59 Å². The predicted molar refractivity (Wildman–Crippen MR) is 57.9 cm³/mol. The molecule has 17 heavy (non-hydrogen) atoms. The number of hydrogen-bond donors (Lipinski definition) is 2. The smallest absolute Gasteiger partial charge is 0.411 e. The van der Waals surface area contributed by atoms with Gasteiger partial charge in [0.2, 0.25) is 5.91 Å². The van der Waals surface area contributed by atoms with Gasteiger partial charge in [-0.2, -0.15) is 0 Å². The van der Waals surface area contributed by atoms with Crippen molar-refractivity contribution in [2.24, 2.45) is 0 Å². The van der Waals surface area contributed by atoms with Crippen LogP contribution in [0.1, 0.15) is 6.42 Å². The monoisotopic (exact) mass is 258 g/mol. The molecule has 2 aliphatic rings. The number of fused-ring (bicyclic) bond motifs is 1. The number of alkyl carbamates (subject to hydrolysis) is 1. The number of carboxylic acids is 1. The van der Waals surface area contributed by atoms with E-state index in [2.05, 4.69) is 10.1 Å². The minimum Gasteiger partial charge on any atom is -0.479 e. The first kappa shape index (κ1) is 11.8. The summed E-state index contributed by atoms with van der Waals surface area (Å²) in [4.78, 5) is 34.6. The maximum Gasteiger partial charge on any atom is 0.411 e. The lowest BCUT2D eigenvalue weighted by Crippen LogP contribution is -2.60. The average molecular weight is 258 g/mol. The van der Waals surface area contributed by atoms with Crippen LogP contribution in [0.3, 0.4) is 0 Å². The Balaban J connectivity index is 2.16. The van der Waals surface area contributed by atoms with E-state index in [1.807, 2.05) is 0 Å². The van der Waals surface area contributed by atoms with Crippen LogP contribution in [0.2, 0.25) is 0 Å². The number of ether oxygens (including phenoxy) is 1. The molecule has 1 saturated heterocycles. The Kier molecular flexibility index (Phi) is 2.97. The highest BCUT2D eigenvalue weighted by atomic mass is 32.2. The molecule has 2 aliphatic heterocycles. The summed E-state index contributed by atoms with van der Waals surface area (Å²) >= 11 is 1.24. The molecule has 92 valence electrons. The van der Waals surface area contributed by atoms with Gasteiger partial charge in [0.05, 0.1) is 23.9 Å². The minimum absolute atomic E-state index is 0.191. The molecular formula is C9H10N2O5S. The second-order valence-electron chi connectivity index (χ2n) is 3.51. The van der Waals surface area contributed by atoms with E-state index in [-0.39, 0.29) is 17.7 Å². The van der Waals surface area contributed by atoms with E-state index < -0.39 is 18.1 Å². The van der Waals surface area contributed by atoms with Crippen molar-refractivity contribution in [2.75, 3.05) is 7.11 Å². The molecule has 0 bridgehead atoms.